The maximum absolute atomic E-state index is 13.2. The highest BCUT2D eigenvalue weighted by Crippen LogP contribution is 2.42. The highest BCUT2D eigenvalue weighted by molar-refractivity contribution is 6.46. The van der Waals surface area contributed by atoms with Gasteiger partial charge in [0.05, 0.1) is 30.6 Å². The molecule has 1 aromatic heterocycles. The lowest BCUT2D eigenvalue weighted by molar-refractivity contribution is -0.141. The fourth-order valence-corrected chi connectivity index (χ4v) is 4.32. The summed E-state index contributed by atoms with van der Waals surface area (Å²) in [6, 6.07) is 8.06. The first kappa shape index (κ1) is 22.1. The van der Waals surface area contributed by atoms with Crippen LogP contribution in [0.2, 0.25) is 0 Å². The molecule has 3 heterocycles. The summed E-state index contributed by atoms with van der Waals surface area (Å²) in [6.45, 7) is 7.06. The van der Waals surface area contributed by atoms with Crippen LogP contribution in [0.3, 0.4) is 0 Å². The molecule has 2 fully saturated rings. The number of hydrogen-bond acceptors (Lipinski definition) is 6. The molecular formula is C25H29NO6. The zero-order chi connectivity index (χ0) is 23.0. The molecule has 2 atom stereocenters. The monoisotopic (exact) mass is 439 g/mol. The number of carbonyl (C=O) groups excluding carboxylic acids is 2. The third-order valence-electron chi connectivity index (χ3n) is 6.10. The predicted octanol–water partition coefficient (Wildman–Crippen LogP) is 4.19. The van der Waals surface area contributed by atoms with Gasteiger partial charge in [0, 0.05) is 13.2 Å². The number of carbonyl (C=O) groups is 2. The first-order valence-corrected chi connectivity index (χ1v) is 10.8. The van der Waals surface area contributed by atoms with E-state index in [9.17, 15) is 14.7 Å². The average molecular weight is 440 g/mol. The van der Waals surface area contributed by atoms with E-state index in [-0.39, 0.29) is 29.4 Å². The minimum Gasteiger partial charge on any atom is -0.507 e. The van der Waals surface area contributed by atoms with Crippen LogP contribution < -0.4 is 4.74 Å². The first-order valence-electron chi connectivity index (χ1n) is 10.8. The Kier molecular flexibility index (Phi) is 5.86. The number of amides is 1. The van der Waals surface area contributed by atoms with Crippen molar-refractivity contribution in [3.63, 3.8) is 0 Å². The number of ketones is 1. The van der Waals surface area contributed by atoms with E-state index >= 15 is 0 Å². The van der Waals surface area contributed by atoms with Gasteiger partial charge in [-0.3, -0.25) is 9.59 Å². The normalized spacial score (nSPS) is 23.2. The topological polar surface area (TPSA) is 89.2 Å². The lowest BCUT2D eigenvalue weighted by atomic mass is 9.85. The molecule has 1 amide bonds. The quantitative estimate of drug-likeness (QED) is 0.427. The second-order valence-corrected chi connectivity index (χ2v) is 9.27. The van der Waals surface area contributed by atoms with Gasteiger partial charge in [-0.05, 0) is 48.1 Å². The Morgan fingerprint density at radius 3 is 2.62 bits per heavy atom. The summed E-state index contributed by atoms with van der Waals surface area (Å²) in [6.07, 6.45) is 3.07. The number of nitrogens with zero attached hydrogens (tertiary/aromatic N) is 1. The summed E-state index contributed by atoms with van der Waals surface area (Å²) in [7, 11) is 1.50. The van der Waals surface area contributed by atoms with Crippen LogP contribution in [0.25, 0.3) is 5.76 Å². The third kappa shape index (κ3) is 3.93. The molecule has 2 aliphatic rings. The van der Waals surface area contributed by atoms with Crippen LogP contribution in [0, 0.1) is 0 Å². The second-order valence-electron chi connectivity index (χ2n) is 9.27. The van der Waals surface area contributed by atoms with Gasteiger partial charge in [-0.25, -0.2) is 0 Å². The molecule has 4 rings (SSSR count). The van der Waals surface area contributed by atoms with E-state index in [1.54, 1.807) is 24.3 Å². The summed E-state index contributed by atoms with van der Waals surface area (Å²) in [5.41, 5.74) is 1.13. The Hall–Kier alpha value is -3.06. The number of likely N-dealkylation sites (tertiary alicyclic amines) is 1. The molecular weight excluding hydrogens is 410 g/mol. The van der Waals surface area contributed by atoms with Crippen molar-refractivity contribution < 1.29 is 28.6 Å². The maximum Gasteiger partial charge on any atom is 0.295 e. The molecule has 32 heavy (non-hydrogen) atoms. The second kappa shape index (κ2) is 8.47. The van der Waals surface area contributed by atoms with E-state index in [1.165, 1.54) is 18.3 Å². The zero-order valence-corrected chi connectivity index (χ0v) is 18.9. The number of methoxy groups -OCH3 is 1. The molecule has 2 saturated heterocycles. The number of rotatable bonds is 5. The largest absolute Gasteiger partial charge is 0.507 e. The Morgan fingerprint density at radius 2 is 2.03 bits per heavy atom. The molecule has 0 radical (unpaired) electrons. The minimum atomic E-state index is -0.836. The fourth-order valence-electron chi connectivity index (χ4n) is 4.32. The van der Waals surface area contributed by atoms with Gasteiger partial charge in [0.15, 0.2) is 0 Å². The van der Waals surface area contributed by atoms with Crippen molar-refractivity contribution in [1.29, 1.82) is 0 Å². The highest BCUT2D eigenvalue weighted by Gasteiger charge is 2.48. The molecule has 7 heteroatoms. The van der Waals surface area contributed by atoms with Crippen molar-refractivity contribution in [2.24, 2.45) is 0 Å². The molecule has 7 nitrogen and oxygen atoms in total. The van der Waals surface area contributed by atoms with Crippen LogP contribution in [-0.2, 0) is 19.7 Å². The maximum atomic E-state index is 13.2. The SMILES string of the molecule is COc1ccc(C(C)(C)C)cc1/C(O)=C1\C(=O)C(=O)N(CC2CCCO2)C1c1ccco1. The Balaban J connectivity index is 1.86. The van der Waals surface area contributed by atoms with Crippen LogP contribution in [0.5, 0.6) is 5.75 Å². The van der Waals surface area contributed by atoms with Crippen molar-refractivity contribution >= 4 is 17.4 Å². The number of benzene rings is 1. The van der Waals surface area contributed by atoms with Crippen LogP contribution in [-0.4, -0.2) is 48.1 Å². The Bertz CT molecular complexity index is 1040. The number of aliphatic hydroxyl groups excluding tert-OH is 1. The molecule has 2 aromatic rings. The van der Waals surface area contributed by atoms with Crippen LogP contribution >= 0.6 is 0 Å². The van der Waals surface area contributed by atoms with Crippen molar-refractivity contribution in [1.82, 2.24) is 4.90 Å². The summed E-state index contributed by atoms with van der Waals surface area (Å²) < 4.78 is 16.8. The standard InChI is InChI=1S/C25H29NO6/c1-25(2,3)15-9-10-18(30-4)17(13-15)22(27)20-21(19-8-6-12-32-19)26(24(29)23(20)28)14-16-7-5-11-31-16/h6,8-10,12-13,16,21,27H,5,7,11,14H2,1-4H3/b22-20+. The van der Waals surface area contributed by atoms with Gasteiger partial charge in [0.1, 0.15) is 23.3 Å². The van der Waals surface area contributed by atoms with Crippen molar-refractivity contribution in [3.05, 3.63) is 59.1 Å². The van der Waals surface area contributed by atoms with Crippen LogP contribution in [0.1, 0.15) is 56.5 Å². The lowest BCUT2D eigenvalue weighted by Gasteiger charge is -2.26. The Morgan fingerprint density at radius 1 is 1.25 bits per heavy atom. The molecule has 2 aliphatic heterocycles. The molecule has 1 N–H and O–H groups in total. The summed E-state index contributed by atoms with van der Waals surface area (Å²) in [5, 5.41) is 11.4. The third-order valence-corrected chi connectivity index (χ3v) is 6.10. The minimum absolute atomic E-state index is 0.00712. The molecule has 0 aliphatic carbocycles. The predicted molar refractivity (Wildman–Crippen MR) is 118 cm³/mol. The van der Waals surface area contributed by atoms with Crippen LogP contribution in [0.4, 0.5) is 0 Å². The zero-order valence-electron chi connectivity index (χ0n) is 18.9. The van der Waals surface area contributed by atoms with Crippen LogP contribution in [0.15, 0.2) is 46.6 Å². The lowest BCUT2D eigenvalue weighted by Crippen LogP contribution is -2.36. The van der Waals surface area contributed by atoms with Gasteiger partial charge < -0.3 is 23.9 Å². The van der Waals surface area contributed by atoms with Crippen molar-refractivity contribution in [3.8, 4) is 5.75 Å². The fraction of sp³-hybridized carbons (Fsp3) is 0.440. The van der Waals surface area contributed by atoms with E-state index in [1.807, 2.05) is 6.07 Å². The number of ether oxygens (including phenoxy) is 2. The van der Waals surface area contributed by atoms with Gasteiger partial charge in [0.2, 0.25) is 0 Å². The highest BCUT2D eigenvalue weighted by atomic mass is 16.5. The summed E-state index contributed by atoms with van der Waals surface area (Å²) in [4.78, 5) is 27.6. The van der Waals surface area contributed by atoms with E-state index in [0.717, 1.165) is 18.4 Å². The van der Waals surface area contributed by atoms with E-state index in [4.69, 9.17) is 13.9 Å². The van der Waals surface area contributed by atoms with Crippen molar-refractivity contribution in [2.75, 3.05) is 20.3 Å². The van der Waals surface area contributed by atoms with E-state index in [0.29, 0.717) is 23.7 Å². The number of Topliss-reactive ketones (excluding diaryl/α,β-unsaturated/α-hetero) is 1. The van der Waals surface area contributed by atoms with Gasteiger partial charge in [-0.15, -0.1) is 0 Å². The number of hydrogen-bond donors (Lipinski definition) is 1. The van der Waals surface area contributed by atoms with Gasteiger partial charge in [0.25, 0.3) is 11.7 Å². The summed E-state index contributed by atoms with van der Waals surface area (Å²) >= 11 is 0. The average Bonchev–Trinajstić information content (AvgIpc) is 3.51. The smallest absolute Gasteiger partial charge is 0.295 e. The number of furan rings is 1. The molecule has 1 aromatic carbocycles. The Labute approximate surface area is 187 Å². The molecule has 0 spiro atoms. The van der Waals surface area contributed by atoms with Crippen molar-refractivity contribution in [2.45, 2.75) is 51.2 Å². The number of aliphatic hydroxyl groups is 1. The van der Waals surface area contributed by atoms with Gasteiger partial charge in [-0.1, -0.05) is 26.8 Å². The van der Waals surface area contributed by atoms with E-state index < -0.39 is 17.7 Å². The van der Waals surface area contributed by atoms with E-state index in [2.05, 4.69) is 20.8 Å². The molecule has 0 saturated carbocycles. The molecule has 2 unspecified atom stereocenters. The first-order chi connectivity index (χ1) is 15.2. The van der Waals surface area contributed by atoms with Gasteiger partial charge in [-0.2, -0.15) is 0 Å². The molecule has 170 valence electrons. The van der Waals surface area contributed by atoms with Gasteiger partial charge >= 0.3 is 0 Å². The summed E-state index contributed by atoms with van der Waals surface area (Å²) in [5.74, 6) is -0.865. The molecule has 0 bridgehead atoms.